The third-order valence-electron chi connectivity index (χ3n) is 6.99. The van der Waals surface area contributed by atoms with Gasteiger partial charge in [0, 0.05) is 35.0 Å². The molecule has 5 rings (SSSR count). The van der Waals surface area contributed by atoms with Crippen LogP contribution in [0.4, 0.5) is 11.5 Å². The number of anilines is 2. The van der Waals surface area contributed by atoms with Crippen LogP contribution in [0.2, 0.25) is 0 Å². The van der Waals surface area contributed by atoms with E-state index in [9.17, 15) is 14.9 Å². The highest BCUT2D eigenvalue weighted by Gasteiger charge is 2.30. The van der Waals surface area contributed by atoms with E-state index < -0.39 is 5.41 Å². The molecule has 0 unspecified atom stereocenters. The van der Waals surface area contributed by atoms with Gasteiger partial charge >= 0.3 is 0 Å². The number of hydrogen-bond acceptors (Lipinski definition) is 6. The molecule has 2 N–H and O–H groups in total. The molecule has 1 fully saturated rings. The molecule has 4 aromatic rings. The van der Waals surface area contributed by atoms with Crippen molar-refractivity contribution in [3.63, 3.8) is 0 Å². The zero-order valence-electron chi connectivity index (χ0n) is 22.9. The molecule has 0 aliphatic heterocycles. The quantitative estimate of drug-likeness (QED) is 0.292. The Hall–Kier alpha value is -4.90. The molecule has 1 aliphatic carbocycles. The van der Waals surface area contributed by atoms with Gasteiger partial charge in [0.2, 0.25) is 5.91 Å². The predicted molar refractivity (Wildman–Crippen MR) is 155 cm³/mol. The number of pyridine rings is 1. The number of aromatic nitrogens is 3. The Morgan fingerprint density at radius 3 is 2.45 bits per heavy atom. The number of aryl methyl sites for hydroxylation is 2. The average Bonchev–Trinajstić information content (AvgIpc) is 3.80. The standard InChI is InChI=1S/C32H30N6O2/c1-19-11-23(13-24(12-19)27-16-29(36-18-35-27)38-30(39)21-6-7-21)26-15-25(8-5-20(26)2)37-31(40)22-9-10-34-28(14-22)32(3,4)17-33/h5,8-16,18,21H,6-7H2,1-4H3,(H,37,40)(H,35,36,38,39). The van der Waals surface area contributed by atoms with E-state index in [2.05, 4.69) is 43.8 Å². The summed E-state index contributed by atoms with van der Waals surface area (Å²) in [5.74, 6) is 0.299. The van der Waals surface area contributed by atoms with Crippen LogP contribution in [0.25, 0.3) is 22.4 Å². The maximum atomic E-state index is 13.1. The molecule has 2 aromatic heterocycles. The summed E-state index contributed by atoms with van der Waals surface area (Å²) < 4.78 is 0. The van der Waals surface area contributed by atoms with Crippen LogP contribution in [-0.4, -0.2) is 26.8 Å². The van der Waals surface area contributed by atoms with Crippen molar-refractivity contribution in [2.75, 3.05) is 10.6 Å². The lowest BCUT2D eigenvalue weighted by molar-refractivity contribution is -0.117. The van der Waals surface area contributed by atoms with Gasteiger partial charge in [-0.1, -0.05) is 12.1 Å². The molecule has 2 heterocycles. The van der Waals surface area contributed by atoms with E-state index in [1.54, 1.807) is 38.2 Å². The van der Waals surface area contributed by atoms with Gasteiger partial charge in [0.1, 0.15) is 12.1 Å². The molecule has 0 saturated heterocycles. The normalized spacial score (nSPS) is 12.9. The maximum Gasteiger partial charge on any atom is 0.255 e. The van der Waals surface area contributed by atoms with Gasteiger partial charge in [0.05, 0.1) is 22.9 Å². The van der Waals surface area contributed by atoms with Gasteiger partial charge in [-0.25, -0.2) is 9.97 Å². The van der Waals surface area contributed by atoms with Crippen molar-refractivity contribution in [2.24, 2.45) is 5.92 Å². The van der Waals surface area contributed by atoms with E-state index in [1.807, 2.05) is 38.1 Å². The number of nitriles is 1. The van der Waals surface area contributed by atoms with Crippen molar-refractivity contribution in [3.05, 3.63) is 89.5 Å². The molecule has 0 atom stereocenters. The minimum Gasteiger partial charge on any atom is -0.322 e. The van der Waals surface area contributed by atoms with Crippen LogP contribution < -0.4 is 10.6 Å². The first-order chi connectivity index (χ1) is 19.1. The highest BCUT2D eigenvalue weighted by Crippen LogP contribution is 2.33. The first kappa shape index (κ1) is 26.7. The van der Waals surface area contributed by atoms with Crippen molar-refractivity contribution in [1.29, 1.82) is 5.26 Å². The molecule has 1 aliphatic rings. The molecule has 0 bridgehead atoms. The number of carbonyl (C=O) groups excluding carboxylic acids is 2. The zero-order valence-corrected chi connectivity index (χ0v) is 22.9. The fraction of sp³-hybridized carbons (Fsp3) is 0.250. The maximum absolute atomic E-state index is 13.1. The van der Waals surface area contributed by atoms with Crippen molar-refractivity contribution in [2.45, 2.75) is 46.0 Å². The first-order valence-corrected chi connectivity index (χ1v) is 13.2. The van der Waals surface area contributed by atoms with Gasteiger partial charge in [-0.2, -0.15) is 5.26 Å². The second-order valence-corrected chi connectivity index (χ2v) is 10.8. The highest BCUT2D eigenvalue weighted by molar-refractivity contribution is 6.04. The second kappa shape index (κ2) is 10.7. The largest absolute Gasteiger partial charge is 0.322 e. The molecule has 40 heavy (non-hydrogen) atoms. The number of amides is 2. The summed E-state index contributed by atoms with van der Waals surface area (Å²) in [5, 5.41) is 15.3. The van der Waals surface area contributed by atoms with Gasteiger partial charge in [0.25, 0.3) is 5.91 Å². The molecule has 8 heteroatoms. The minimum absolute atomic E-state index is 0.000772. The molecule has 8 nitrogen and oxygen atoms in total. The Kier molecular flexibility index (Phi) is 7.14. The molecule has 2 aromatic carbocycles. The molecule has 0 spiro atoms. The van der Waals surface area contributed by atoms with Crippen LogP contribution in [-0.2, 0) is 10.2 Å². The summed E-state index contributed by atoms with van der Waals surface area (Å²) in [4.78, 5) is 38.2. The lowest BCUT2D eigenvalue weighted by Gasteiger charge is -2.16. The fourth-order valence-corrected chi connectivity index (χ4v) is 4.43. The van der Waals surface area contributed by atoms with Gasteiger partial charge < -0.3 is 10.6 Å². The topological polar surface area (TPSA) is 121 Å². The van der Waals surface area contributed by atoms with Crippen LogP contribution in [0.1, 0.15) is 53.9 Å². The predicted octanol–water partition coefficient (Wildman–Crippen LogP) is 6.22. The van der Waals surface area contributed by atoms with Crippen LogP contribution >= 0.6 is 0 Å². The second-order valence-electron chi connectivity index (χ2n) is 10.8. The fourth-order valence-electron chi connectivity index (χ4n) is 4.43. The van der Waals surface area contributed by atoms with E-state index in [-0.39, 0.29) is 17.7 Å². The van der Waals surface area contributed by atoms with Crippen LogP contribution in [0.3, 0.4) is 0 Å². The molecule has 2 amide bonds. The molecular formula is C32H30N6O2. The van der Waals surface area contributed by atoms with Crippen molar-refractivity contribution in [1.82, 2.24) is 15.0 Å². The Morgan fingerprint density at radius 2 is 1.70 bits per heavy atom. The Bertz CT molecular complexity index is 1670. The highest BCUT2D eigenvalue weighted by atomic mass is 16.2. The monoisotopic (exact) mass is 530 g/mol. The number of benzene rings is 2. The summed E-state index contributed by atoms with van der Waals surface area (Å²) in [6.45, 7) is 7.59. The molecule has 0 radical (unpaired) electrons. The zero-order chi connectivity index (χ0) is 28.4. The lowest BCUT2D eigenvalue weighted by atomic mass is 9.90. The smallest absolute Gasteiger partial charge is 0.255 e. The SMILES string of the molecule is Cc1cc(-c2cc(NC(=O)C3CC3)ncn2)cc(-c2cc(NC(=O)c3ccnc(C(C)(C)C#N)c3)ccc2C)c1. The summed E-state index contributed by atoms with van der Waals surface area (Å²) in [6.07, 6.45) is 4.86. The Balaban J connectivity index is 1.42. The number of hydrogen-bond donors (Lipinski definition) is 2. The summed E-state index contributed by atoms with van der Waals surface area (Å²) in [7, 11) is 0. The van der Waals surface area contributed by atoms with Gasteiger partial charge in [-0.3, -0.25) is 14.6 Å². The van der Waals surface area contributed by atoms with E-state index >= 15 is 0 Å². The third kappa shape index (κ3) is 5.89. The number of nitrogens with one attached hydrogen (secondary N) is 2. The number of nitrogens with zero attached hydrogens (tertiary/aromatic N) is 4. The molecule has 1 saturated carbocycles. The number of rotatable bonds is 7. The summed E-state index contributed by atoms with van der Waals surface area (Å²) >= 11 is 0. The minimum atomic E-state index is -0.802. The van der Waals surface area contributed by atoms with Crippen LogP contribution in [0, 0.1) is 31.1 Å². The van der Waals surface area contributed by atoms with Gasteiger partial charge in [-0.05, 0) is 99.2 Å². The average molecular weight is 531 g/mol. The lowest BCUT2D eigenvalue weighted by Crippen LogP contribution is -2.18. The third-order valence-corrected chi connectivity index (χ3v) is 6.99. The van der Waals surface area contributed by atoms with Crippen molar-refractivity contribution >= 4 is 23.3 Å². The van der Waals surface area contributed by atoms with E-state index in [0.717, 1.165) is 40.7 Å². The van der Waals surface area contributed by atoms with Gasteiger partial charge in [-0.15, -0.1) is 0 Å². The number of carbonyl (C=O) groups is 2. The molecule has 200 valence electrons. The first-order valence-electron chi connectivity index (χ1n) is 13.2. The Morgan fingerprint density at radius 1 is 0.925 bits per heavy atom. The Labute approximate surface area is 233 Å². The van der Waals surface area contributed by atoms with Gasteiger partial charge in [0.15, 0.2) is 0 Å². The van der Waals surface area contributed by atoms with E-state index in [1.165, 1.54) is 6.33 Å². The van der Waals surface area contributed by atoms with Crippen molar-refractivity contribution < 1.29 is 9.59 Å². The van der Waals surface area contributed by atoms with Crippen LogP contribution in [0.5, 0.6) is 0 Å². The molecular weight excluding hydrogens is 500 g/mol. The van der Waals surface area contributed by atoms with Crippen LogP contribution in [0.15, 0.2) is 67.1 Å². The van der Waals surface area contributed by atoms with Crippen molar-refractivity contribution in [3.8, 4) is 28.5 Å². The van der Waals surface area contributed by atoms with E-state index in [4.69, 9.17) is 0 Å². The summed E-state index contributed by atoms with van der Waals surface area (Å²) in [6, 6.07) is 19.3. The van der Waals surface area contributed by atoms with E-state index in [0.29, 0.717) is 28.5 Å². The summed E-state index contributed by atoms with van der Waals surface area (Å²) in [5.41, 5.74) is 6.49.